The highest BCUT2D eigenvalue weighted by Crippen LogP contribution is 2.21. The summed E-state index contributed by atoms with van der Waals surface area (Å²) in [4.78, 5) is 37.6. The van der Waals surface area contributed by atoms with Gasteiger partial charge in [-0.05, 0) is 55.0 Å². The quantitative estimate of drug-likeness (QED) is 0.750. The fourth-order valence-electron chi connectivity index (χ4n) is 2.87. The van der Waals surface area contributed by atoms with E-state index in [0.29, 0.717) is 35.7 Å². The van der Waals surface area contributed by atoms with Gasteiger partial charge in [0.15, 0.2) is 0 Å². The van der Waals surface area contributed by atoms with Crippen molar-refractivity contribution in [2.75, 3.05) is 24.5 Å². The van der Waals surface area contributed by atoms with E-state index in [2.05, 4.69) is 10.6 Å². The minimum Gasteiger partial charge on any atom is -0.350 e. The van der Waals surface area contributed by atoms with Gasteiger partial charge in [0, 0.05) is 47.9 Å². The van der Waals surface area contributed by atoms with Crippen LogP contribution >= 0.6 is 11.6 Å². The van der Waals surface area contributed by atoms with Crippen molar-refractivity contribution < 1.29 is 14.4 Å². The molecule has 0 spiro atoms. The Morgan fingerprint density at radius 3 is 1.89 bits per heavy atom. The van der Waals surface area contributed by atoms with Crippen molar-refractivity contribution in [3.63, 3.8) is 0 Å². The molecule has 0 aliphatic carbocycles. The Bertz CT molecular complexity index is 835. The zero-order valence-electron chi connectivity index (χ0n) is 14.7. The van der Waals surface area contributed by atoms with Crippen LogP contribution in [0.25, 0.3) is 0 Å². The van der Waals surface area contributed by atoms with E-state index < -0.39 is 0 Å². The van der Waals surface area contributed by atoms with Crippen LogP contribution in [-0.2, 0) is 4.79 Å². The van der Waals surface area contributed by atoms with E-state index in [1.165, 1.54) is 0 Å². The molecule has 0 radical (unpaired) electrons. The highest BCUT2D eigenvalue weighted by atomic mass is 35.5. The fraction of sp³-hybridized carbons (Fsp3) is 0.250. The summed E-state index contributed by atoms with van der Waals surface area (Å²) in [5.74, 6) is -0.334. The molecule has 3 rings (SSSR count). The van der Waals surface area contributed by atoms with Crippen molar-refractivity contribution in [2.45, 2.75) is 12.8 Å². The molecular formula is C20H20ClN3O3. The molecule has 0 atom stereocenters. The molecule has 2 N–H and O–H groups in total. The zero-order chi connectivity index (χ0) is 19.2. The maximum Gasteiger partial charge on any atom is 0.251 e. The third-order valence-electron chi connectivity index (χ3n) is 4.32. The number of hydrogen-bond donors (Lipinski definition) is 2. The van der Waals surface area contributed by atoms with Gasteiger partial charge < -0.3 is 15.5 Å². The predicted octanol–water partition coefficient (Wildman–Crippen LogP) is 2.63. The zero-order valence-corrected chi connectivity index (χ0v) is 15.5. The van der Waals surface area contributed by atoms with E-state index in [4.69, 9.17) is 11.6 Å². The molecule has 3 amide bonds. The molecule has 1 aliphatic rings. The molecule has 0 saturated carbocycles. The van der Waals surface area contributed by atoms with Crippen molar-refractivity contribution in [3.8, 4) is 0 Å². The number of benzene rings is 2. The molecule has 1 fully saturated rings. The third kappa shape index (κ3) is 4.86. The lowest BCUT2D eigenvalue weighted by Gasteiger charge is -2.15. The Hall–Kier alpha value is -2.86. The summed E-state index contributed by atoms with van der Waals surface area (Å²) in [5.41, 5.74) is 1.83. The standard InChI is InChI=1S/C20H20ClN3O3/c21-16-7-3-14(4-8-16)19(26)22-11-12-23-20(27)15-5-9-17(10-6-15)24-13-1-2-18(24)25/h3-10H,1-2,11-13H2,(H,22,26)(H,23,27). The average molecular weight is 386 g/mol. The smallest absolute Gasteiger partial charge is 0.251 e. The van der Waals surface area contributed by atoms with Crippen molar-refractivity contribution in [3.05, 3.63) is 64.7 Å². The number of nitrogens with one attached hydrogen (secondary N) is 2. The first-order valence-electron chi connectivity index (χ1n) is 8.77. The number of hydrogen-bond acceptors (Lipinski definition) is 3. The topological polar surface area (TPSA) is 78.5 Å². The summed E-state index contributed by atoms with van der Waals surface area (Å²) < 4.78 is 0. The minimum absolute atomic E-state index is 0.114. The lowest BCUT2D eigenvalue weighted by molar-refractivity contribution is -0.117. The second-order valence-corrected chi connectivity index (χ2v) is 6.65. The second-order valence-electron chi connectivity index (χ2n) is 6.21. The molecule has 0 aromatic heterocycles. The van der Waals surface area contributed by atoms with Crippen LogP contribution in [0.1, 0.15) is 33.6 Å². The van der Waals surface area contributed by atoms with Crippen LogP contribution in [-0.4, -0.2) is 37.4 Å². The van der Waals surface area contributed by atoms with Crippen LogP contribution in [0.5, 0.6) is 0 Å². The van der Waals surface area contributed by atoms with E-state index in [1.807, 2.05) is 0 Å². The normalized spacial score (nSPS) is 13.5. The maximum atomic E-state index is 12.2. The Labute approximate surface area is 162 Å². The van der Waals surface area contributed by atoms with Gasteiger partial charge in [-0.2, -0.15) is 0 Å². The number of amides is 3. The number of carbonyl (C=O) groups is 3. The number of halogens is 1. The monoisotopic (exact) mass is 385 g/mol. The summed E-state index contributed by atoms with van der Waals surface area (Å²) >= 11 is 5.79. The van der Waals surface area contributed by atoms with E-state index in [9.17, 15) is 14.4 Å². The van der Waals surface area contributed by atoms with Crippen LogP contribution in [0.4, 0.5) is 5.69 Å². The van der Waals surface area contributed by atoms with Gasteiger partial charge in [-0.15, -0.1) is 0 Å². The number of carbonyl (C=O) groups excluding carboxylic acids is 3. The SMILES string of the molecule is O=C(NCCNC(=O)c1ccc(N2CCCC2=O)cc1)c1ccc(Cl)cc1. The van der Waals surface area contributed by atoms with Gasteiger partial charge in [0.1, 0.15) is 0 Å². The Balaban J connectivity index is 1.44. The van der Waals surface area contributed by atoms with Crippen molar-refractivity contribution in [1.29, 1.82) is 0 Å². The largest absolute Gasteiger partial charge is 0.350 e. The van der Waals surface area contributed by atoms with Crippen LogP contribution < -0.4 is 15.5 Å². The highest BCUT2D eigenvalue weighted by molar-refractivity contribution is 6.30. The summed E-state index contributed by atoms with van der Waals surface area (Å²) in [7, 11) is 0. The van der Waals surface area contributed by atoms with E-state index >= 15 is 0 Å². The second kappa shape index (κ2) is 8.68. The molecule has 1 saturated heterocycles. The summed E-state index contributed by atoms with van der Waals surface area (Å²) in [6, 6.07) is 13.5. The molecule has 0 bridgehead atoms. The van der Waals surface area contributed by atoms with Gasteiger partial charge in [0.2, 0.25) is 5.91 Å². The summed E-state index contributed by atoms with van der Waals surface area (Å²) in [5, 5.41) is 6.06. The molecule has 2 aromatic rings. The Morgan fingerprint density at radius 1 is 0.889 bits per heavy atom. The average Bonchev–Trinajstić information content (AvgIpc) is 3.11. The minimum atomic E-state index is -0.227. The lowest BCUT2D eigenvalue weighted by atomic mass is 10.2. The molecular weight excluding hydrogens is 366 g/mol. The number of anilines is 1. The molecule has 2 aromatic carbocycles. The lowest BCUT2D eigenvalue weighted by Crippen LogP contribution is -2.34. The summed E-state index contributed by atoms with van der Waals surface area (Å²) in [6.45, 7) is 1.34. The Kier molecular flexibility index (Phi) is 6.08. The van der Waals surface area contributed by atoms with Gasteiger partial charge in [-0.25, -0.2) is 0 Å². The molecule has 7 heteroatoms. The fourth-order valence-corrected chi connectivity index (χ4v) is 3.00. The first kappa shape index (κ1) is 18.9. The molecule has 1 aliphatic heterocycles. The van der Waals surface area contributed by atoms with Gasteiger partial charge >= 0.3 is 0 Å². The van der Waals surface area contributed by atoms with E-state index in [0.717, 1.165) is 18.7 Å². The molecule has 6 nitrogen and oxygen atoms in total. The maximum absolute atomic E-state index is 12.2. The van der Waals surface area contributed by atoms with Gasteiger partial charge in [0.25, 0.3) is 11.8 Å². The third-order valence-corrected chi connectivity index (χ3v) is 4.57. The van der Waals surface area contributed by atoms with E-state index in [-0.39, 0.29) is 17.7 Å². The summed E-state index contributed by atoms with van der Waals surface area (Å²) in [6.07, 6.45) is 1.44. The van der Waals surface area contributed by atoms with Crippen molar-refractivity contribution >= 4 is 35.0 Å². The molecule has 0 unspecified atom stereocenters. The first-order chi connectivity index (χ1) is 13.0. The highest BCUT2D eigenvalue weighted by Gasteiger charge is 2.21. The van der Waals surface area contributed by atoms with Crippen molar-refractivity contribution in [2.24, 2.45) is 0 Å². The van der Waals surface area contributed by atoms with E-state index in [1.54, 1.807) is 53.4 Å². The van der Waals surface area contributed by atoms with Crippen molar-refractivity contribution in [1.82, 2.24) is 10.6 Å². The van der Waals surface area contributed by atoms with Crippen LogP contribution in [0.2, 0.25) is 5.02 Å². The van der Waals surface area contributed by atoms with Crippen LogP contribution in [0.15, 0.2) is 48.5 Å². The predicted molar refractivity (Wildman–Crippen MR) is 104 cm³/mol. The molecule has 140 valence electrons. The number of nitrogens with zero attached hydrogens (tertiary/aromatic N) is 1. The van der Waals surface area contributed by atoms with Crippen LogP contribution in [0.3, 0.4) is 0 Å². The van der Waals surface area contributed by atoms with Gasteiger partial charge in [-0.3, -0.25) is 14.4 Å². The molecule has 1 heterocycles. The van der Waals surface area contributed by atoms with Gasteiger partial charge in [0.05, 0.1) is 0 Å². The molecule has 27 heavy (non-hydrogen) atoms. The Morgan fingerprint density at radius 2 is 1.41 bits per heavy atom. The number of rotatable bonds is 6. The first-order valence-corrected chi connectivity index (χ1v) is 9.15. The van der Waals surface area contributed by atoms with Crippen LogP contribution in [0, 0.1) is 0 Å². The van der Waals surface area contributed by atoms with Gasteiger partial charge in [-0.1, -0.05) is 11.6 Å².